The molecule has 2 unspecified atom stereocenters. The van der Waals surface area contributed by atoms with E-state index in [1.165, 1.54) is 0 Å². The average molecular weight is 234 g/mol. The van der Waals surface area contributed by atoms with Crippen LogP contribution >= 0.6 is 0 Å². The molecule has 0 spiro atoms. The molecule has 1 amide bonds. The van der Waals surface area contributed by atoms with Crippen LogP contribution in [-0.4, -0.2) is 31.5 Å². The van der Waals surface area contributed by atoms with Gasteiger partial charge in [-0.05, 0) is 17.7 Å². The van der Waals surface area contributed by atoms with Crippen molar-refractivity contribution in [2.75, 3.05) is 20.7 Å². The minimum absolute atomic E-state index is 0.0881. The van der Waals surface area contributed by atoms with Crippen LogP contribution in [0.4, 0.5) is 0 Å². The third kappa shape index (κ3) is 2.42. The van der Waals surface area contributed by atoms with Gasteiger partial charge in [0.25, 0.3) is 0 Å². The molecule has 0 aromatic heterocycles. The van der Waals surface area contributed by atoms with Crippen LogP contribution in [0.15, 0.2) is 24.3 Å². The normalized spacial score (nSPS) is 21.7. The van der Waals surface area contributed by atoms with Crippen molar-refractivity contribution in [3.8, 4) is 5.75 Å². The molecule has 2 atom stereocenters. The highest BCUT2D eigenvalue weighted by atomic mass is 16.5. The number of hydrogen-bond donors (Lipinski definition) is 1. The number of nitrogens with zero attached hydrogens (tertiary/aromatic N) is 1. The van der Waals surface area contributed by atoms with Crippen LogP contribution in [0, 0.1) is 5.92 Å². The van der Waals surface area contributed by atoms with E-state index in [4.69, 9.17) is 10.5 Å². The van der Waals surface area contributed by atoms with Crippen LogP contribution < -0.4 is 10.5 Å². The first kappa shape index (κ1) is 11.9. The summed E-state index contributed by atoms with van der Waals surface area (Å²) in [4.78, 5) is 13.2. The van der Waals surface area contributed by atoms with E-state index in [0.717, 1.165) is 17.9 Å². The lowest BCUT2D eigenvalue weighted by atomic mass is 9.93. The monoisotopic (exact) mass is 234 g/mol. The van der Waals surface area contributed by atoms with E-state index in [9.17, 15) is 4.79 Å². The first-order valence-corrected chi connectivity index (χ1v) is 5.75. The Balaban J connectivity index is 2.09. The second kappa shape index (κ2) is 4.75. The van der Waals surface area contributed by atoms with Gasteiger partial charge in [-0.25, -0.2) is 0 Å². The second-order valence-corrected chi connectivity index (χ2v) is 4.54. The zero-order chi connectivity index (χ0) is 12.4. The zero-order valence-electron chi connectivity index (χ0n) is 10.2. The van der Waals surface area contributed by atoms with Gasteiger partial charge < -0.3 is 15.4 Å². The highest BCUT2D eigenvalue weighted by Gasteiger charge is 2.31. The topological polar surface area (TPSA) is 55.6 Å². The molecule has 0 saturated carbocycles. The summed E-state index contributed by atoms with van der Waals surface area (Å²) in [5, 5.41) is 0. The fraction of sp³-hybridized carbons (Fsp3) is 0.462. The van der Waals surface area contributed by atoms with E-state index >= 15 is 0 Å². The largest absolute Gasteiger partial charge is 0.497 e. The molecule has 4 nitrogen and oxygen atoms in total. The number of rotatable bonds is 3. The summed E-state index contributed by atoms with van der Waals surface area (Å²) in [5.41, 5.74) is 7.25. The lowest BCUT2D eigenvalue weighted by molar-refractivity contribution is -0.126. The van der Waals surface area contributed by atoms with Crippen molar-refractivity contribution in [3.05, 3.63) is 29.8 Å². The highest BCUT2D eigenvalue weighted by Crippen LogP contribution is 2.29. The van der Waals surface area contributed by atoms with Gasteiger partial charge in [0, 0.05) is 32.0 Å². The highest BCUT2D eigenvalue weighted by molar-refractivity contribution is 5.78. The number of likely N-dealkylation sites (tertiary alicyclic amines) is 1. The van der Waals surface area contributed by atoms with Crippen LogP contribution in [0.5, 0.6) is 5.75 Å². The number of hydrogen-bond acceptors (Lipinski definition) is 3. The standard InChI is InChI=1S/C13H18N2O2/c1-15-8-10(7-12(15)16)13(14)9-3-5-11(17-2)6-4-9/h3-6,10,13H,7-8,14H2,1-2H3. The summed E-state index contributed by atoms with van der Waals surface area (Å²) in [5.74, 6) is 1.21. The molecule has 92 valence electrons. The SMILES string of the molecule is COc1ccc(C(N)C2CC(=O)N(C)C2)cc1. The van der Waals surface area contributed by atoms with Gasteiger partial charge in [-0.1, -0.05) is 12.1 Å². The number of methoxy groups -OCH3 is 1. The van der Waals surface area contributed by atoms with Gasteiger partial charge in [0.15, 0.2) is 0 Å². The second-order valence-electron chi connectivity index (χ2n) is 4.54. The van der Waals surface area contributed by atoms with Crippen LogP contribution in [0.3, 0.4) is 0 Å². The molecule has 1 aliphatic heterocycles. The van der Waals surface area contributed by atoms with Crippen LogP contribution in [0.2, 0.25) is 0 Å². The molecular weight excluding hydrogens is 216 g/mol. The van der Waals surface area contributed by atoms with Crippen molar-refractivity contribution in [2.24, 2.45) is 11.7 Å². The van der Waals surface area contributed by atoms with Crippen LogP contribution in [-0.2, 0) is 4.79 Å². The fourth-order valence-electron chi connectivity index (χ4n) is 2.24. The Morgan fingerprint density at radius 3 is 2.53 bits per heavy atom. The number of carbonyl (C=O) groups is 1. The minimum atomic E-state index is -0.0881. The summed E-state index contributed by atoms with van der Waals surface area (Å²) in [6.45, 7) is 0.742. The lowest BCUT2D eigenvalue weighted by Gasteiger charge is -2.19. The van der Waals surface area contributed by atoms with E-state index < -0.39 is 0 Å². The van der Waals surface area contributed by atoms with Gasteiger partial charge in [0.1, 0.15) is 5.75 Å². The van der Waals surface area contributed by atoms with E-state index in [1.807, 2.05) is 31.3 Å². The molecule has 0 aliphatic carbocycles. The molecular formula is C13H18N2O2. The van der Waals surface area contributed by atoms with E-state index in [0.29, 0.717) is 6.42 Å². The molecule has 1 aromatic rings. The molecule has 17 heavy (non-hydrogen) atoms. The molecule has 4 heteroatoms. The Hall–Kier alpha value is -1.55. The molecule has 0 bridgehead atoms. The van der Waals surface area contributed by atoms with Crippen LogP contribution in [0.25, 0.3) is 0 Å². The van der Waals surface area contributed by atoms with Gasteiger partial charge in [-0.2, -0.15) is 0 Å². The first-order chi connectivity index (χ1) is 8.11. The van der Waals surface area contributed by atoms with Crippen molar-refractivity contribution in [1.29, 1.82) is 0 Å². The van der Waals surface area contributed by atoms with Crippen molar-refractivity contribution in [3.63, 3.8) is 0 Å². The summed E-state index contributed by atoms with van der Waals surface area (Å²) >= 11 is 0. The maximum Gasteiger partial charge on any atom is 0.222 e. The predicted molar refractivity (Wildman–Crippen MR) is 65.7 cm³/mol. The Morgan fingerprint density at radius 1 is 1.41 bits per heavy atom. The Kier molecular flexibility index (Phi) is 3.33. The summed E-state index contributed by atoms with van der Waals surface area (Å²) in [6.07, 6.45) is 0.545. The van der Waals surface area contributed by atoms with Crippen molar-refractivity contribution in [1.82, 2.24) is 4.90 Å². The first-order valence-electron chi connectivity index (χ1n) is 5.75. The number of carbonyl (C=O) groups excluding carboxylic acids is 1. The quantitative estimate of drug-likeness (QED) is 0.854. The predicted octanol–water partition coefficient (Wildman–Crippen LogP) is 1.17. The number of ether oxygens (including phenoxy) is 1. The lowest BCUT2D eigenvalue weighted by Crippen LogP contribution is -2.24. The molecule has 2 N–H and O–H groups in total. The van der Waals surface area contributed by atoms with Gasteiger partial charge in [-0.15, -0.1) is 0 Å². The Labute approximate surface area is 101 Å². The molecule has 1 saturated heterocycles. The van der Waals surface area contributed by atoms with Gasteiger partial charge in [0.05, 0.1) is 7.11 Å². The number of nitrogens with two attached hydrogens (primary N) is 1. The summed E-state index contributed by atoms with van der Waals surface area (Å²) in [7, 11) is 3.46. The van der Waals surface area contributed by atoms with E-state index in [1.54, 1.807) is 12.0 Å². The maximum absolute atomic E-state index is 11.5. The van der Waals surface area contributed by atoms with Gasteiger partial charge in [0.2, 0.25) is 5.91 Å². The maximum atomic E-state index is 11.5. The Morgan fingerprint density at radius 2 is 2.06 bits per heavy atom. The third-order valence-electron chi connectivity index (χ3n) is 3.38. The number of amides is 1. The molecule has 1 fully saturated rings. The van der Waals surface area contributed by atoms with E-state index in [-0.39, 0.29) is 17.9 Å². The molecule has 0 radical (unpaired) electrons. The fourth-order valence-corrected chi connectivity index (χ4v) is 2.24. The molecule has 1 aromatic carbocycles. The third-order valence-corrected chi connectivity index (χ3v) is 3.38. The summed E-state index contributed by atoms with van der Waals surface area (Å²) < 4.78 is 5.11. The smallest absolute Gasteiger partial charge is 0.222 e. The van der Waals surface area contributed by atoms with Gasteiger partial charge >= 0.3 is 0 Å². The van der Waals surface area contributed by atoms with Crippen molar-refractivity contribution >= 4 is 5.91 Å². The van der Waals surface area contributed by atoms with E-state index in [2.05, 4.69) is 0 Å². The number of benzene rings is 1. The molecule has 1 heterocycles. The van der Waals surface area contributed by atoms with Crippen LogP contribution in [0.1, 0.15) is 18.0 Å². The molecule has 1 aliphatic rings. The zero-order valence-corrected chi connectivity index (χ0v) is 10.2. The van der Waals surface area contributed by atoms with Crippen molar-refractivity contribution in [2.45, 2.75) is 12.5 Å². The molecule has 2 rings (SSSR count). The average Bonchev–Trinajstić information content (AvgIpc) is 2.69. The van der Waals surface area contributed by atoms with Gasteiger partial charge in [-0.3, -0.25) is 4.79 Å². The van der Waals surface area contributed by atoms with Crippen molar-refractivity contribution < 1.29 is 9.53 Å². The minimum Gasteiger partial charge on any atom is -0.497 e. The Bertz CT molecular complexity index is 402. The summed E-state index contributed by atoms with van der Waals surface area (Å²) in [6, 6.07) is 7.64.